The van der Waals surface area contributed by atoms with Crippen LogP contribution in [0, 0.1) is 17.1 Å². The molecule has 3 heteroatoms. The van der Waals surface area contributed by atoms with Crippen LogP contribution in [-0.4, -0.2) is 5.75 Å². The summed E-state index contributed by atoms with van der Waals surface area (Å²) in [6, 6.07) is 8.63. The minimum absolute atomic E-state index is 0.196. The van der Waals surface area contributed by atoms with Gasteiger partial charge in [0.05, 0.1) is 6.07 Å². The summed E-state index contributed by atoms with van der Waals surface area (Å²) in [4.78, 5) is 0. The highest BCUT2D eigenvalue weighted by Crippen LogP contribution is 2.13. The first-order valence-electron chi connectivity index (χ1n) is 4.02. The SMILES string of the molecule is N#CCCSCc1cccc(F)c1. The van der Waals surface area contributed by atoms with Gasteiger partial charge in [0.15, 0.2) is 0 Å². The lowest BCUT2D eigenvalue weighted by atomic mass is 10.2. The zero-order chi connectivity index (χ0) is 9.52. The number of hydrogen-bond acceptors (Lipinski definition) is 2. The molecule has 0 atom stereocenters. The lowest BCUT2D eigenvalue weighted by Gasteiger charge is -1.99. The van der Waals surface area contributed by atoms with E-state index in [1.807, 2.05) is 6.07 Å². The standard InChI is InChI=1S/C10H10FNS/c11-10-4-1-3-9(7-10)8-13-6-2-5-12/h1,3-4,7H,2,6,8H2. The lowest BCUT2D eigenvalue weighted by Crippen LogP contribution is -1.83. The number of rotatable bonds is 4. The molecule has 0 radical (unpaired) electrons. The van der Waals surface area contributed by atoms with Crippen molar-refractivity contribution in [1.29, 1.82) is 5.26 Å². The van der Waals surface area contributed by atoms with Gasteiger partial charge >= 0.3 is 0 Å². The van der Waals surface area contributed by atoms with Crippen LogP contribution in [0.1, 0.15) is 12.0 Å². The van der Waals surface area contributed by atoms with E-state index in [0.29, 0.717) is 6.42 Å². The fourth-order valence-corrected chi connectivity index (χ4v) is 1.73. The van der Waals surface area contributed by atoms with Gasteiger partial charge in [0.2, 0.25) is 0 Å². The van der Waals surface area contributed by atoms with Gasteiger partial charge in [0, 0.05) is 17.9 Å². The van der Waals surface area contributed by atoms with Crippen molar-refractivity contribution in [3.8, 4) is 6.07 Å². The van der Waals surface area contributed by atoms with E-state index in [1.54, 1.807) is 17.8 Å². The molecular weight excluding hydrogens is 185 g/mol. The average Bonchev–Trinajstić information content (AvgIpc) is 2.13. The minimum atomic E-state index is -0.196. The van der Waals surface area contributed by atoms with Crippen LogP contribution in [0.5, 0.6) is 0 Å². The Balaban J connectivity index is 2.33. The highest BCUT2D eigenvalue weighted by molar-refractivity contribution is 7.98. The summed E-state index contributed by atoms with van der Waals surface area (Å²) in [7, 11) is 0. The Hall–Kier alpha value is -1.01. The second-order valence-electron chi connectivity index (χ2n) is 2.59. The third-order valence-electron chi connectivity index (χ3n) is 1.52. The molecule has 0 aromatic heterocycles. The molecular formula is C10H10FNS. The highest BCUT2D eigenvalue weighted by Gasteiger charge is 1.94. The van der Waals surface area contributed by atoms with Crippen LogP contribution >= 0.6 is 11.8 Å². The molecule has 0 aliphatic rings. The molecule has 0 saturated heterocycles. The normalized spacial score (nSPS) is 9.54. The van der Waals surface area contributed by atoms with Crippen LogP contribution in [-0.2, 0) is 5.75 Å². The van der Waals surface area contributed by atoms with Crippen molar-refractivity contribution in [2.75, 3.05) is 5.75 Å². The van der Waals surface area contributed by atoms with E-state index in [2.05, 4.69) is 6.07 Å². The first kappa shape index (κ1) is 10.1. The number of hydrogen-bond donors (Lipinski definition) is 0. The topological polar surface area (TPSA) is 23.8 Å². The van der Waals surface area contributed by atoms with Gasteiger partial charge < -0.3 is 0 Å². The van der Waals surface area contributed by atoms with Crippen LogP contribution in [0.3, 0.4) is 0 Å². The predicted molar refractivity (Wildman–Crippen MR) is 52.8 cm³/mol. The van der Waals surface area contributed by atoms with E-state index >= 15 is 0 Å². The summed E-state index contributed by atoms with van der Waals surface area (Å²) in [6.45, 7) is 0. The number of nitrogens with zero attached hydrogens (tertiary/aromatic N) is 1. The largest absolute Gasteiger partial charge is 0.207 e. The first-order valence-corrected chi connectivity index (χ1v) is 5.17. The van der Waals surface area contributed by atoms with E-state index < -0.39 is 0 Å². The molecule has 0 unspecified atom stereocenters. The van der Waals surface area contributed by atoms with E-state index in [9.17, 15) is 4.39 Å². The molecule has 0 saturated carbocycles. The number of benzene rings is 1. The molecule has 1 rings (SSSR count). The molecule has 0 fully saturated rings. The van der Waals surface area contributed by atoms with E-state index in [-0.39, 0.29) is 5.82 Å². The van der Waals surface area contributed by atoms with Crippen LogP contribution in [0.15, 0.2) is 24.3 Å². The van der Waals surface area contributed by atoms with Crippen LogP contribution < -0.4 is 0 Å². The van der Waals surface area contributed by atoms with Gasteiger partial charge in [0.1, 0.15) is 5.82 Å². The molecule has 0 amide bonds. The molecule has 13 heavy (non-hydrogen) atoms. The van der Waals surface area contributed by atoms with Gasteiger partial charge in [0.25, 0.3) is 0 Å². The summed E-state index contributed by atoms with van der Waals surface area (Å²) < 4.78 is 12.7. The maximum atomic E-state index is 12.7. The molecule has 1 aromatic rings. The van der Waals surface area contributed by atoms with Crippen molar-refractivity contribution in [2.24, 2.45) is 0 Å². The van der Waals surface area contributed by atoms with Crippen LogP contribution in [0.25, 0.3) is 0 Å². The fraction of sp³-hybridized carbons (Fsp3) is 0.300. The summed E-state index contributed by atoms with van der Waals surface area (Å²) in [5.74, 6) is 1.39. The van der Waals surface area contributed by atoms with Crippen LogP contribution in [0.4, 0.5) is 4.39 Å². The molecule has 0 heterocycles. The van der Waals surface area contributed by atoms with Gasteiger partial charge in [-0.2, -0.15) is 17.0 Å². The number of thioether (sulfide) groups is 1. The number of halogens is 1. The Morgan fingerprint density at radius 2 is 2.31 bits per heavy atom. The van der Waals surface area contributed by atoms with Crippen molar-refractivity contribution >= 4 is 11.8 Å². The Bertz CT molecular complexity index is 306. The van der Waals surface area contributed by atoms with Crippen LogP contribution in [0.2, 0.25) is 0 Å². The van der Waals surface area contributed by atoms with Gasteiger partial charge in [-0.1, -0.05) is 12.1 Å². The zero-order valence-corrected chi connectivity index (χ0v) is 7.98. The molecule has 0 spiro atoms. The summed E-state index contributed by atoms with van der Waals surface area (Å²) in [6.07, 6.45) is 0.556. The second kappa shape index (κ2) is 5.60. The molecule has 1 aromatic carbocycles. The highest BCUT2D eigenvalue weighted by atomic mass is 32.2. The van der Waals surface area contributed by atoms with Gasteiger partial charge in [-0.25, -0.2) is 4.39 Å². The summed E-state index contributed by atoms with van der Waals surface area (Å²) >= 11 is 1.65. The second-order valence-corrected chi connectivity index (χ2v) is 3.70. The Labute approximate surface area is 81.6 Å². The molecule has 1 nitrogen and oxygen atoms in total. The van der Waals surface area contributed by atoms with Crippen molar-refractivity contribution in [2.45, 2.75) is 12.2 Å². The van der Waals surface area contributed by atoms with Gasteiger partial charge in [-0.15, -0.1) is 0 Å². The van der Waals surface area contributed by atoms with E-state index in [0.717, 1.165) is 17.1 Å². The molecule has 0 bridgehead atoms. The predicted octanol–water partition coefficient (Wildman–Crippen LogP) is 2.97. The van der Waals surface area contributed by atoms with Gasteiger partial charge in [-0.3, -0.25) is 0 Å². The fourth-order valence-electron chi connectivity index (χ4n) is 0.935. The summed E-state index contributed by atoms with van der Waals surface area (Å²) in [5.41, 5.74) is 0.975. The monoisotopic (exact) mass is 195 g/mol. The Morgan fingerprint density at radius 1 is 1.46 bits per heavy atom. The number of nitriles is 1. The Kier molecular flexibility index (Phi) is 4.34. The van der Waals surface area contributed by atoms with E-state index in [4.69, 9.17) is 5.26 Å². The van der Waals surface area contributed by atoms with Crippen molar-refractivity contribution in [3.63, 3.8) is 0 Å². The molecule has 0 aliphatic carbocycles. The molecule has 0 aliphatic heterocycles. The Morgan fingerprint density at radius 3 is 3.00 bits per heavy atom. The van der Waals surface area contributed by atoms with E-state index in [1.165, 1.54) is 12.1 Å². The van der Waals surface area contributed by atoms with Crippen molar-refractivity contribution in [3.05, 3.63) is 35.6 Å². The zero-order valence-electron chi connectivity index (χ0n) is 7.16. The third kappa shape index (κ3) is 3.95. The maximum absolute atomic E-state index is 12.7. The van der Waals surface area contributed by atoms with Crippen molar-refractivity contribution in [1.82, 2.24) is 0 Å². The molecule has 0 N–H and O–H groups in total. The summed E-state index contributed by atoms with van der Waals surface area (Å²) in [5, 5.41) is 8.28. The minimum Gasteiger partial charge on any atom is -0.207 e. The lowest BCUT2D eigenvalue weighted by molar-refractivity contribution is 0.626. The van der Waals surface area contributed by atoms with Crippen molar-refractivity contribution < 1.29 is 4.39 Å². The van der Waals surface area contributed by atoms with Gasteiger partial charge in [-0.05, 0) is 17.7 Å². The average molecular weight is 195 g/mol. The maximum Gasteiger partial charge on any atom is 0.123 e. The quantitative estimate of drug-likeness (QED) is 0.690. The smallest absolute Gasteiger partial charge is 0.123 e. The third-order valence-corrected chi connectivity index (χ3v) is 2.55. The molecule has 68 valence electrons. The first-order chi connectivity index (χ1) is 6.33.